The van der Waals surface area contributed by atoms with Crippen LogP contribution < -0.4 is 5.73 Å². The topological polar surface area (TPSA) is 77.2 Å². The Morgan fingerprint density at radius 2 is 1.56 bits per heavy atom. The average molecular weight is 249 g/mol. The van der Waals surface area contributed by atoms with Gasteiger partial charge in [0, 0.05) is 28.2 Å². The van der Waals surface area contributed by atoms with Crippen LogP contribution in [0.15, 0.2) is 22.3 Å². The van der Waals surface area contributed by atoms with Crippen LogP contribution in [0.1, 0.15) is 40.5 Å². The Balaban J connectivity index is 2.92. The summed E-state index contributed by atoms with van der Waals surface area (Å²) in [5, 5.41) is 0. The second kappa shape index (κ2) is 5.29. The lowest BCUT2D eigenvalue weighted by Crippen LogP contribution is -2.23. The van der Waals surface area contributed by atoms with Crippen molar-refractivity contribution < 1.29 is 14.4 Å². The third kappa shape index (κ3) is 2.58. The van der Waals surface area contributed by atoms with Crippen LogP contribution in [0, 0.1) is 5.92 Å². The van der Waals surface area contributed by atoms with Crippen molar-refractivity contribution in [2.45, 2.75) is 40.5 Å². The van der Waals surface area contributed by atoms with Gasteiger partial charge in [-0.1, -0.05) is 6.92 Å². The van der Waals surface area contributed by atoms with E-state index in [1.54, 1.807) is 27.7 Å². The minimum atomic E-state index is -0.383. The zero-order chi connectivity index (χ0) is 14.0. The molecular weight excluding hydrogens is 230 g/mol. The molecule has 1 rings (SSSR count). The summed E-state index contributed by atoms with van der Waals surface area (Å²) in [6.45, 7) is 6.73. The largest absolute Gasteiger partial charge is 0.369 e. The van der Waals surface area contributed by atoms with E-state index in [-0.39, 0.29) is 23.4 Å². The maximum atomic E-state index is 12.1. The molecule has 0 saturated heterocycles. The normalized spacial score (nSPS) is 18.4. The van der Waals surface area contributed by atoms with Crippen LogP contribution in [0.5, 0.6) is 0 Å². The molecular formula is C14H19NO3. The number of allylic oxidation sites excluding steroid dienone is 4. The Bertz CT molecular complexity index is 483. The van der Waals surface area contributed by atoms with Crippen LogP contribution in [-0.2, 0) is 14.4 Å². The predicted octanol–water partition coefficient (Wildman–Crippen LogP) is 1.69. The van der Waals surface area contributed by atoms with Gasteiger partial charge in [-0.05, 0) is 33.6 Å². The minimum Gasteiger partial charge on any atom is -0.369 e. The van der Waals surface area contributed by atoms with E-state index in [1.807, 2.05) is 0 Å². The highest BCUT2D eigenvalue weighted by atomic mass is 16.1. The first-order chi connectivity index (χ1) is 8.27. The zero-order valence-electron chi connectivity index (χ0n) is 11.3. The molecule has 0 spiro atoms. The van der Waals surface area contributed by atoms with Crippen molar-refractivity contribution in [2.24, 2.45) is 11.7 Å². The van der Waals surface area contributed by atoms with Crippen LogP contribution in [0.2, 0.25) is 0 Å². The van der Waals surface area contributed by atoms with Crippen molar-refractivity contribution in [1.29, 1.82) is 0 Å². The fourth-order valence-corrected chi connectivity index (χ4v) is 1.96. The Kier molecular flexibility index (Phi) is 4.22. The molecule has 98 valence electrons. The van der Waals surface area contributed by atoms with Crippen LogP contribution in [0.3, 0.4) is 0 Å². The van der Waals surface area contributed by atoms with E-state index < -0.39 is 0 Å². The quantitative estimate of drug-likeness (QED) is 0.770. The van der Waals surface area contributed by atoms with Crippen LogP contribution in [0.4, 0.5) is 0 Å². The Hall–Kier alpha value is -1.71. The van der Waals surface area contributed by atoms with Gasteiger partial charge >= 0.3 is 0 Å². The van der Waals surface area contributed by atoms with Crippen molar-refractivity contribution in [3.8, 4) is 0 Å². The van der Waals surface area contributed by atoms with Gasteiger partial charge in [0.05, 0.1) is 0 Å². The molecule has 0 aromatic heterocycles. The Morgan fingerprint density at radius 1 is 1.06 bits per heavy atom. The number of Topliss-reactive ketones (excluding diaryl/α,β-unsaturated/α-hetero) is 2. The first-order valence-corrected chi connectivity index (χ1v) is 6.03. The molecule has 18 heavy (non-hydrogen) atoms. The number of hydrogen-bond donors (Lipinski definition) is 1. The first-order valence-electron chi connectivity index (χ1n) is 6.03. The first kappa shape index (κ1) is 14.4. The number of carbonyl (C=O) groups is 3. The van der Waals surface area contributed by atoms with Crippen LogP contribution in [0.25, 0.3) is 0 Å². The van der Waals surface area contributed by atoms with E-state index in [0.717, 1.165) is 0 Å². The molecule has 1 aliphatic carbocycles. The molecule has 0 saturated carbocycles. The van der Waals surface area contributed by atoms with Crippen LogP contribution in [-0.4, -0.2) is 17.5 Å². The Morgan fingerprint density at radius 3 is 2.06 bits per heavy atom. The Labute approximate surface area is 107 Å². The molecule has 0 fully saturated rings. The van der Waals surface area contributed by atoms with Crippen LogP contribution >= 0.6 is 0 Å². The molecule has 0 unspecified atom stereocenters. The van der Waals surface area contributed by atoms with E-state index in [2.05, 4.69) is 0 Å². The fraction of sp³-hybridized carbons (Fsp3) is 0.500. The lowest BCUT2D eigenvalue weighted by molar-refractivity contribution is -0.121. The molecule has 0 aromatic carbocycles. The summed E-state index contributed by atoms with van der Waals surface area (Å²) in [5.41, 5.74) is 7.23. The molecule has 1 atom stereocenters. The van der Waals surface area contributed by atoms with Gasteiger partial charge < -0.3 is 5.73 Å². The average Bonchev–Trinajstić information content (AvgIpc) is 2.33. The minimum absolute atomic E-state index is 0.0752. The third-order valence-electron chi connectivity index (χ3n) is 3.62. The molecule has 0 bridgehead atoms. The molecule has 2 N–H and O–H groups in total. The summed E-state index contributed by atoms with van der Waals surface area (Å²) in [6.07, 6.45) is 0.915. The van der Waals surface area contributed by atoms with Gasteiger partial charge in [0.1, 0.15) is 0 Å². The zero-order valence-corrected chi connectivity index (χ0v) is 11.3. The van der Waals surface area contributed by atoms with Gasteiger partial charge in [-0.15, -0.1) is 0 Å². The molecule has 0 heterocycles. The molecule has 4 heteroatoms. The second-order valence-corrected chi connectivity index (χ2v) is 4.85. The molecule has 1 aliphatic rings. The summed E-state index contributed by atoms with van der Waals surface area (Å²) >= 11 is 0. The fourth-order valence-electron chi connectivity index (χ4n) is 1.96. The summed E-state index contributed by atoms with van der Waals surface area (Å²) < 4.78 is 0. The number of nitrogens with two attached hydrogens (primary N) is 1. The molecule has 0 radical (unpaired) electrons. The van der Waals surface area contributed by atoms with Crippen molar-refractivity contribution in [2.75, 3.05) is 0 Å². The number of ketones is 2. The van der Waals surface area contributed by atoms with E-state index in [9.17, 15) is 14.4 Å². The maximum absolute atomic E-state index is 12.1. The monoisotopic (exact) mass is 249 g/mol. The lowest BCUT2D eigenvalue weighted by Gasteiger charge is -2.19. The molecule has 1 amide bonds. The number of hydrogen-bond acceptors (Lipinski definition) is 3. The van der Waals surface area contributed by atoms with Gasteiger partial charge in [-0.2, -0.15) is 0 Å². The summed E-state index contributed by atoms with van der Waals surface area (Å²) in [7, 11) is 0. The van der Waals surface area contributed by atoms with Crippen molar-refractivity contribution in [1.82, 2.24) is 0 Å². The smallest absolute Gasteiger partial charge is 0.220 e. The lowest BCUT2D eigenvalue weighted by atomic mass is 9.83. The highest BCUT2D eigenvalue weighted by Crippen LogP contribution is 2.27. The number of carbonyl (C=O) groups excluding carboxylic acids is 3. The van der Waals surface area contributed by atoms with Crippen molar-refractivity contribution in [3.05, 3.63) is 22.3 Å². The van der Waals surface area contributed by atoms with Gasteiger partial charge in [0.15, 0.2) is 11.6 Å². The standard InChI is InChI=1S/C14H19NO3/c1-7(14(15)18)5-6-11-10(4)12(16)8(2)9(3)13(11)17/h7H,5-6H2,1-4H3,(H2,15,18)/t7-/m1/s1. The summed E-state index contributed by atoms with van der Waals surface area (Å²) in [4.78, 5) is 35.0. The summed E-state index contributed by atoms with van der Waals surface area (Å²) in [6, 6.07) is 0. The highest BCUT2D eigenvalue weighted by Gasteiger charge is 2.27. The third-order valence-corrected chi connectivity index (χ3v) is 3.62. The molecule has 0 aromatic rings. The van der Waals surface area contributed by atoms with Crippen molar-refractivity contribution >= 4 is 17.5 Å². The highest BCUT2D eigenvalue weighted by molar-refractivity contribution is 6.24. The van der Waals surface area contributed by atoms with E-state index in [1.165, 1.54) is 0 Å². The SMILES string of the molecule is CC1=C(C)C(=O)C(CC[C@@H](C)C(N)=O)=C(C)C1=O. The number of primary amides is 1. The van der Waals surface area contributed by atoms with E-state index in [0.29, 0.717) is 35.1 Å². The van der Waals surface area contributed by atoms with Crippen molar-refractivity contribution in [3.63, 3.8) is 0 Å². The summed E-state index contributed by atoms with van der Waals surface area (Å²) in [5.74, 6) is -0.832. The van der Waals surface area contributed by atoms with E-state index in [4.69, 9.17) is 5.73 Å². The van der Waals surface area contributed by atoms with Gasteiger partial charge in [0.2, 0.25) is 5.91 Å². The number of rotatable bonds is 4. The maximum Gasteiger partial charge on any atom is 0.220 e. The van der Waals surface area contributed by atoms with Gasteiger partial charge in [-0.25, -0.2) is 0 Å². The number of amides is 1. The van der Waals surface area contributed by atoms with Gasteiger partial charge in [-0.3, -0.25) is 14.4 Å². The second-order valence-electron chi connectivity index (χ2n) is 4.85. The van der Waals surface area contributed by atoms with Gasteiger partial charge in [0.25, 0.3) is 0 Å². The van der Waals surface area contributed by atoms with E-state index >= 15 is 0 Å². The molecule has 4 nitrogen and oxygen atoms in total. The predicted molar refractivity (Wildman–Crippen MR) is 68.7 cm³/mol. The molecule has 0 aliphatic heterocycles.